The molecule has 3 rings (SSSR count). The molecule has 0 saturated heterocycles. The van der Waals surface area contributed by atoms with E-state index in [1.165, 1.54) is 6.08 Å². The topological polar surface area (TPSA) is 72.1 Å². The monoisotopic (exact) mass is 367 g/mol. The van der Waals surface area contributed by atoms with Crippen LogP contribution in [0.2, 0.25) is 0 Å². The van der Waals surface area contributed by atoms with Crippen molar-refractivity contribution in [3.63, 3.8) is 0 Å². The van der Waals surface area contributed by atoms with Crippen LogP contribution in [0.5, 0.6) is 11.5 Å². The fourth-order valence-corrected chi connectivity index (χ4v) is 2.89. The molecule has 0 saturated carbocycles. The molecule has 0 bridgehead atoms. The van der Waals surface area contributed by atoms with Gasteiger partial charge >= 0.3 is 5.97 Å². The molecule has 1 heterocycles. The van der Waals surface area contributed by atoms with Gasteiger partial charge in [-0.15, -0.1) is 0 Å². The second kappa shape index (κ2) is 7.45. The van der Waals surface area contributed by atoms with Gasteiger partial charge in [0.1, 0.15) is 11.5 Å². The number of carboxylic acid groups (broad SMARTS) is 1. The highest BCUT2D eigenvalue weighted by Gasteiger charge is 2.14. The number of hydrogen-bond donors (Lipinski definition) is 1. The van der Waals surface area contributed by atoms with E-state index in [1.54, 1.807) is 20.3 Å². The standard InChI is InChI=1S/C21H21NO5/c1-22(2)16-11-14(6-7-17(16)25-3)18-12-15-9-13(5-8-20(23)24)10-19(26-4)21(15)27-18/h5-12H,1-4H3,(H,23,24)/b8-5+. The predicted octanol–water partition coefficient (Wildman–Crippen LogP) is 4.28. The fraction of sp³-hybridized carbons (Fsp3) is 0.190. The van der Waals surface area contributed by atoms with Gasteiger partial charge in [-0.25, -0.2) is 4.79 Å². The summed E-state index contributed by atoms with van der Waals surface area (Å²) < 4.78 is 16.9. The highest BCUT2D eigenvalue weighted by atomic mass is 16.5. The summed E-state index contributed by atoms with van der Waals surface area (Å²) in [6.07, 6.45) is 2.61. The maximum atomic E-state index is 10.8. The van der Waals surface area contributed by atoms with Crippen molar-refractivity contribution in [1.82, 2.24) is 0 Å². The van der Waals surface area contributed by atoms with E-state index >= 15 is 0 Å². The summed E-state index contributed by atoms with van der Waals surface area (Å²) in [6, 6.07) is 11.3. The van der Waals surface area contributed by atoms with E-state index in [0.717, 1.165) is 34.0 Å². The number of ether oxygens (including phenoxy) is 2. The molecule has 0 aliphatic heterocycles. The van der Waals surface area contributed by atoms with Crippen LogP contribution in [0.3, 0.4) is 0 Å². The average Bonchev–Trinajstić information content (AvgIpc) is 3.09. The minimum absolute atomic E-state index is 0.546. The summed E-state index contributed by atoms with van der Waals surface area (Å²) in [5.41, 5.74) is 3.17. The number of carboxylic acids is 1. The van der Waals surface area contributed by atoms with Crippen molar-refractivity contribution >= 4 is 28.7 Å². The van der Waals surface area contributed by atoms with E-state index in [2.05, 4.69) is 0 Å². The third kappa shape index (κ3) is 3.74. The zero-order valence-electron chi connectivity index (χ0n) is 15.6. The first-order valence-electron chi connectivity index (χ1n) is 8.31. The molecule has 1 aromatic heterocycles. The van der Waals surface area contributed by atoms with E-state index in [9.17, 15) is 4.79 Å². The van der Waals surface area contributed by atoms with Crippen molar-refractivity contribution in [2.24, 2.45) is 0 Å². The Balaban J connectivity index is 2.11. The minimum atomic E-state index is -1.00. The van der Waals surface area contributed by atoms with Gasteiger partial charge in [-0.2, -0.15) is 0 Å². The Morgan fingerprint density at radius 2 is 1.81 bits per heavy atom. The van der Waals surface area contributed by atoms with Crippen LogP contribution in [-0.2, 0) is 4.79 Å². The van der Waals surface area contributed by atoms with Crippen LogP contribution in [0.1, 0.15) is 5.56 Å². The maximum absolute atomic E-state index is 10.8. The molecule has 6 heteroatoms. The Hall–Kier alpha value is -3.41. The molecule has 6 nitrogen and oxygen atoms in total. The van der Waals surface area contributed by atoms with Crippen LogP contribution in [0.25, 0.3) is 28.4 Å². The normalized spacial score (nSPS) is 11.1. The lowest BCUT2D eigenvalue weighted by atomic mass is 10.1. The second-order valence-corrected chi connectivity index (χ2v) is 6.20. The molecular formula is C21H21NO5. The number of rotatable bonds is 6. The van der Waals surface area contributed by atoms with Crippen LogP contribution in [0, 0.1) is 0 Å². The first kappa shape index (κ1) is 18.4. The van der Waals surface area contributed by atoms with Crippen molar-refractivity contribution in [2.75, 3.05) is 33.2 Å². The van der Waals surface area contributed by atoms with Gasteiger partial charge < -0.3 is 23.9 Å². The van der Waals surface area contributed by atoms with E-state index < -0.39 is 5.97 Å². The van der Waals surface area contributed by atoms with Crippen LogP contribution in [-0.4, -0.2) is 39.4 Å². The van der Waals surface area contributed by atoms with Crippen LogP contribution in [0.4, 0.5) is 5.69 Å². The Kier molecular flexibility index (Phi) is 5.07. The van der Waals surface area contributed by atoms with Crippen molar-refractivity contribution in [3.05, 3.63) is 48.0 Å². The first-order chi connectivity index (χ1) is 12.9. The van der Waals surface area contributed by atoms with Gasteiger partial charge in [0.15, 0.2) is 11.3 Å². The number of hydrogen-bond acceptors (Lipinski definition) is 5. The van der Waals surface area contributed by atoms with E-state index in [4.69, 9.17) is 19.0 Å². The second-order valence-electron chi connectivity index (χ2n) is 6.20. The fourth-order valence-electron chi connectivity index (χ4n) is 2.89. The molecule has 0 aliphatic rings. The number of carbonyl (C=O) groups is 1. The lowest BCUT2D eigenvalue weighted by Gasteiger charge is -2.17. The zero-order chi connectivity index (χ0) is 19.6. The molecule has 0 aliphatic carbocycles. The highest BCUT2D eigenvalue weighted by molar-refractivity contribution is 5.92. The molecule has 0 unspecified atom stereocenters. The number of methoxy groups -OCH3 is 2. The molecule has 0 spiro atoms. The Bertz CT molecular complexity index is 1020. The number of anilines is 1. The van der Waals surface area contributed by atoms with E-state index in [0.29, 0.717) is 17.1 Å². The largest absolute Gasteiger partial charge is 0.495 e. The van der Waals surface area contributed by atoms with Gasteiger partial charge in [0, 0.05) is 31.1 Å². The highest BCUT2D eigenvalue weighted by Crippen LogP contribution is 2.37. The van der Waals surface area contributed by atoms with Gasteiger partial charge in [-0.05, 0) is 48.0 Å². The molecule has 0 radical (unpaired) electrons. The summed E-state index contributed by atoms with van der Waals surface area (Å²) in [5, 5.41) is 9.66. The lowest BCUT2D eigenvalue weighted by Crippen LogP contribution is -2.10. The molecule has 0 amide bonds. The summed E-state index contributed by atoms with van der Waals surface area (Å²) >= 11 is 0. The van der Waals surface area contributed by atoms with Crippen LogP contribution in [0.15, 0.2) is 46.9 Å². The van der Waals surface area contributed by atoms with Crippen molar-refractivity contribution in [3.8, 4) is 22.8 Å². The maximum Gasteiger partial charge on any atom is 0.328 e. The number of furan rings is 1. The van der Waals surface area contributed by atoms with Gasteiger partial charge in [0.05, 0.1) is 19.9 Å². The molecule has 0 fully saturated rings. The van der Waals surface area contributed by atoms with Crippen molar-refractivity contribution in [1.29, 1.82) is 0 Å². The molecule has 2 aromatic carbocycles. The number of fused-ring (bicyclic) bond motifs is 1. The van der Waals surface area contributed by atoms with Crippen LogP contribution < -0.4 is 14.4 Å². The van der Waals surface area contributed by atoms with Crippen molar-refractivity contribution in [2.45, 2.75) is 0 Å². The SMILES string of the molecule is COc1ccc(-c2cc3cc(/C=C/C(=O)O)cc(OC)c3o2)cc1N(C)C. The van der Waals surface area contributed by atoms with E-state index in [1.807, 2.05) is 49.3 Å². The number of aliphatic carboxylic acids is 1. The summed E-state index contributed by atoms with van der Waals surface area (Å²) in [5.74, 6) is 1.01. The Morgan fingerprint density at radius 3 is 2.44 bits per heavy atom. The number of nitrogens with zero attached hydrogens (tertiary/aromatic N) is 1. The molecular weight excluding hydrogens is 346 g/mol. The molecule has 1 N–H and O–H groups in total. The van der Waals surface area contributed by atoms with Crippen LogP contribution >= 0.6 is 0 Å². The summed E-state index contributed by atoms with van der Waals surface area (Å²) in [6.45, 7) is 0. The van der Waals surface area contributed by atoms with Gasteiger partial charge in [-0.1, -0.05) is 0 Å². The smallest absolute Gasteiger partial charge is 0.328 e. The minimum Gasteiger partial charge on any atom is -0.495 e. The molecule has 140 valence electrons. The van der Waals surface area contributed by atoms with E-state index in [-0.39, 0.29) is 0 Å². The third-order valence-electron chi connectivity index (χ3n) is 4.19. The summed E-state index contributed by atoms with van der Waals surface area (Å²) in [7, 11) is 7.09. The summed E-state index contributed by atoms with van der Waals surface area (Å²) in [4.78, 5) is 12.7. The molecule has 27 heavy (non-hydrogen) atoms. The first-order valence-corrected chi connectivity index (χ1v) is 8.31. The lowest BCUT2D eigenvalue weighted by molar-refractivity contribution is -0.131. The van der Waals surface area contributed by atoms with Gasteiger partial charge in [0.25, 0.3) is 0 Å². The average molecular weight is 367 g/mol. The number of benzene rings is 2. The quantitative estimate of drug-likeness (QED) is 0.656. The van der Waals surface area contributed by atoms with Gasteiger partial charge in [0.2, 0.25) is 0 Å². The van der Waals surface area contributed by atoms with Gasteiger partial charge in [-0.3, -0.25) is 0 Å². The molecule has 3 aromatic rings. The Morgan fingerprint density at radius 1 is 1.07 bits per heavy atom. The Labute approximate surface area is 157 Å². The third-order valence-corrected chi connectivity index (χ3v) is 4.19. The molecule has 0 atom stereocenters. The zero-order valence-corrected chi connectivity index (χ0v) is 15.6. The van der Waals surface area contributed by atoms with Crippen molar-refractivity contribution < 1.29 is 23.8 Å². The predicted molar refractivity (Wildman–Crippen MR) is 106 cm³/mol.